The highest BCUT2D eigenvalue weighted by atomic mass is 32.2. The normalized spacial score (nSPS) is 10.7. The molecule has 0 aliphatic heterocycles. The number of hydrogen-bond acceptors (Lipinski definition) is 5. The Morgan fingerprint density at radius 1 is 1.00 bits per heavy atom. The largest absolute Gasteiger partial charge is 0.411 e. The maximum atomic E-state index is 5.64. The number of aryl methyl sites for hydroxylation is 1. The van der Waals surface area contributed by atoms with Gasteiger partial charge in [-0.3, -0.25) is 4.98 Å². The minimum absolute atomic E-state index is 0.514. The van der Waals surface area contributed by atoms with Crippen LogP contribution in [0.3, 0.4) is 0 Å². The van der Waals surface area contributed by atoms with Crippen molar-refractivity contribution in [3.8, 4) is 11.5 Å². The van der Waals surface area contributed by atoms with E-state index in [-0.39, 0.29) is 0 Å². The summed E-state index contributed by atoms with van der Waals surface area (Å²) in [5.74, 6) is 0.514. The molecule has 0 bridgehead atoms. The van der Waals surface area contributed by atoms with Crippen molar-refractivity contribution in [3.63, 3.8) is 0 Å². The number of nitrogens with zero attached hydrogens (tertiary/aromatic N) is 3. The molecule has 0 saturated carbocycles. The van der Waals surface area contributed by atoms with Gasteiger partial charge in [-0.25, -0.2) is 0 Å². The number of aromatic nitrogens is 3. The van der Waals surface area contributed by atoms with Crippen LogP contribution < -0.4 is 0 Å². The molecule has 5 heteroatoms. The summed E-state index contributed by atoms with van der Waals surface area (Å²) in [6.45, 7) is 2.14. The van der Waals surface area contributed by atoms with Gasteiger partial charge in [-0.2, -0.15) is 0 Å². The molecule has 3 rings (SSSR count). The summed E-state index contributed by atoms with van der Waals surface area (Å²) in [4.78, 5) is 5.06. The van der Waals surface area contributed by atoms with Crippen molar-refractivity contribution in [2.45, 2.75) is 23.5 Å². The monoisotopic (exact) mass is 283 g/mol. The van der Waals surface area contributed by atoms with Crippen LogP contribution in [-0.2, 0) is 6.42 Å². The van der Waals surface area contributed by atoms with Gasteiger partial charge in [0.15, 0.2) is 0 Å². The van der Waals surface area contributed by atoms with Gasteiger partial charge >= 0.3 is 0 Å². The highest BCUT2D eigenvalue weighted by Crippen LogP contribution is 2.29. The van der Waals surface area contributed by atoms with Crippen molar-refractivity contribution in [2.24, 2.45) is 0 Å². The van der Waals surface area contributed by atoms with E-state index >= 15 is 0 Å². The lowest BCUT2D eigenvalue weighted by molar-refractivity contribution is 0.466. The third-order valence-electron chi connectivity index (χ3n) is 2.87. The zero-order valence-electron chi connectivity index (χ0n) is 11.0. The van der Waals surface area contributed by atoms with Crippen LogP contribution in [0.25, 0.3) is 11.5 Å². The first-order valence-electron chi connectivity index (χ1n) is 6.36. The topological polar surface area (TPSA) is 51.8 Å². The second kappa shape index (κ2) is 5.88. The maximum Gasteiger partial charge on any atom is 0.281 e. The van der Waals surface area contributed by atoms with Gasteiger partial charge in [0.05, 0.1) is 0 Å². The first-order chi connectivity index (χ1) is 9.85. The zero-order chi connectivity index (χ0) is 13.8. The highest BCUT2D eigenvalue weighted by molar-refractivity contribution is 7.99. The van der Waals surface area contributed by atoms with Gasteiger partial charge in [-0.1, -0.05) is 19.1 Å². The Hall–Kier alpha value is -2.14. The van der Waals surface area contributed by atoms with E-state index < -0.39 is 0 Å². The lowest BCUT2D eigenvalue weighted by atomic mass is 10.2. The molecule has 3 aromatic rings. The molecule has 0 N–H and O–H groups in total. The summed E-state index contributed by atoms with van der Waals surface area (Å²) >= 11 is 1.47. The Balaban J connectivity index is 1.77. The summed E-state index contributed by atoms with van der Waals surface area (Å²) < 4.78 is 5.64. The Labute approximate surface area is 121 Å². The predicted octanol–water partition coefficient (Wildman–Crippen LogP) is 3.85. The van der Waals surface area contributed by atoms with E-state index in [1.54, 1.807) is 12.4 Å². The number of rotatable bonds is 4. The summed E-state index contributed by atoms with van der Waals surface area (Å²) in [6.07, 6.45) is 4.45. The van der Waals surface area contributed by atoms with Gasteiger partial charge in [-0.15, -0.1) is 10.2 Å². The molecule has 0 fully saturated rings. The molecule has 0 amide bonds. The van der Waals surface area contributed by atoms with Crippen molar-refractivity contribution < 1.29 is 4.42 Å². The van der Waals surface area contributed by atoms with E-state index in [1.165, 1.54) is 17.3 Å². The van der Waals surface area contributed by atoms with Crippen molar-refractivity contribution in [1.29, 1.82) is 0 Å². The van der Waals surface area contributed by atoms with Crippen LogP contribution in [-0.4, -0.2) is 15.2 Å². The van der Waals surface area contributed by atoms with Crippen LogP contribution in [0.2, 0.25) is 0 Å². The molecule has 2 heterocycles. The van der Waals surface area contributed by atoms with Gasteiger partial charge in [0, 0.05) is 22.9 Å². The lowest BCUT2D eigenvalue weighted by Gasteiger charge is -1.98. The molecule has 0 atom stereocenters. The molecule has 1 aromatic carbocycles. The van der Waals surface area contributed by atoms with Crippen LogP contribution in [0.5, 0.6) is 0 Å². The highest BCUT2D eigenvalue weighted by Gasteiger charge is 2.09. The molecule has 2 aromatic heterocycles. The number of hydrogen-bond donors (Lipinski definition) is 0. The molecule has 0 radical (unpaired) electrons. The van der Waals surface area contributed by atoms with Crippen molar-refractivity contribution >= 4 is 11.8 Å². The molecule has 100 valence electrons. The fourth-order valence-corrected chi connectivity index (χ4v) is 2.43. The van der Waals surface area contributed by atoms with Crippen molar-refractivity contribution in [2.75, 3.05) is 0 Å². The first kappa shape index (κ1) is 12.9. The summed E-state index contributed by atoms with van der Waals surface area (Å²) in [7, 11) is 0. The van der Waals surface area contributed by atoms with Gasteiger partial charge in [0.25, 0.3) is 5.22 Å². The third kappa shape index (κ3) is 2.88. The lowest BCUT2D eigenvalue weighted by Crippen LogP contribution is -1.79. The van der Waals surface area contributed by atoms with Crippen LogP contribution in [0.4, 0.5) is 0 Å². The van der Waals surface area contributed by atoms with E-state index in [0.717, 1.165) is 16.9 Å². The SMILES string of the molecule is CCc1ccc(Sc2nnc(-c3ccncc3)o2)cc1. The third-order valence-corrected chi connectivity index (χ3v) is 3.72. The zero-order valence-corrected chi connectivity index (χ0v) is 11.8. The van der Waals surface area contributed by atoms with Crippen molar-refractivity contribution in [3.05, 3.63) is 54.4 Å². The molecule has 0 aliphatic carbocycles. The van der Waals surface area contributed by atoms with Crippen LogP contribution in [0.15, 0.2) is 63.3 Å². The van der Waals surface area contributed by atoms with E-state index in [0.29, 0.717) is 11.1 Å². The van der Waals surface area contributed by atoms with Gasteiger partial charge in [-0.05, 0) is 48.0 Å². The van der Waals surface area contributed by atoms with E-state index in [9.17, 15) is 0 Å². The van der Waals surface area contributed by atoms with Crippen LogP contribution in [0.1, 0.15) is 12.5 Å². The fraction of sp³-hybridized carbons (Fsp3) is 0.133. The molecule has 20 heavy (non-hydrogen) atoms. The molecule has 0 unspecified atom stereocenters. The maximum absolute atomic E-state index is 5.64. The summed E-state index contributed by atoms with van der Waals surface area (Å²) in [5, 5.41) is 8.65. The minimum Gasteiger partial charge on any atom is -0.411 e. The number of pyridine rings is 1. The van der Waals surface area contributed by atoms with Gasteiger partial charge in [0.2, 0.25) is 5.89 Å². The molecular formula is C15H13N3OS. The number of benzene rings is 1. The van der Waals surface area contributed by atoms with Gasteiger partial charge < -0.3 is 4.42 Å². The standard InChI is InChI=1S/C15H13N3OS/c1-2-11-3-5-13(6-4-11)20-15-18-17-14(19-15)12-7-9-16-10-8-12/h3-10H,2H2,1H3. The Morgan fingerprint density at radius 2 is 1.75 bits per heavy atom. The molecule has 0 aliphatic rings. The Morgan fingerprint density at radius 3 is 2.45 bits per heavy atom. The molecule has 0 spiro atoms. The second-order valence-electron chi connectivity index (χ2n) is 4.21. The first-order valence-corrected chi connectivity index (χ1v) is 7.17. The average molecular weight is 283 g/mol. The molecule has 0 saturated heterocycles. The predicted molar refractivity (Wildman–Crippen MR) is 77.5 cm³/mol. The van der Waals surface area contributed by atoms with Crippen LogP contribution in [0, 0.1) is 0 Å². The smallest absolute Gasteiger partial charge is 0.281 e. The minimum atomic E-state index is 0.514. The quantitative estimate of drug-likeness (QED) is 0.728. The summed E-state index contributed by atoms with van der Waals surface area (Å²) in [6, 6.07) is 12.1. The van der Waals surface area contributed by atoms with Gasteiger partial charge in [0.1, 0.15) is 0 Å². The van der Waals surface area contributed by atoms with E-state index in [2.05, 4.69) is 46.4 Å². The Kier molecular flexibility index (Phi) is 3.78. The van der Waals surface area contributed by atoms with E-state index in [4.69, 9.17) is 4.42 Å². The molecular weight excluding hydrogens is 270 g/mol. The Bertz CT molecular complexity index is 680. The second-order valence-corrected chi connectivity index (χ2v) is 5.23. The molecule has 4 nitrogen and oxygen atoms in total. The van der Waals surface area contributed by atoms with Crippen molar-refractivity contribution in [1.82, 2.24) is 15.2 Å². The van der Waals surface area contributed by atoms with E-state index in [1.807, 2.05) is 12.1 Å². The van der Waals surface area contributed by atoms with Crippen LogP contribution >= 0.6 is 11.8 Å². The summed E-state index contributed by atoms with van der Waals surface area (Å²) in [5.41, 5.74) is 2.19. The fourth-order valence-electron chi connectivity index (χ4n) is 1.76. The average Bonchev–Trinajstić information content (AvgIpc) is 2.97.